The molecule has 0 radical (unpaired) electrons. The van der Waals surface area contributed by atoms with Crippen LogP contribution in [-0.2, 0) is 0 Å². The molecule has 0 fully saturated rings. The Kier molecular flexibility index (Phi) is 3.98. The predicted octanol–water partition coefficient (Wildman–Crippen LogP) is 2.96. The minimum Gasteiger partial charge on any atom is -0.481 e. The third-order valence-electron chi connectivity index (χ3n) is 2.24. The van der Waals surface area contributed by atoms with Gasteiger partial charge in [0.25, 0.3) is 0 Å². The van der Waals surface area contributed by atoms with Crippen LogP contribution in [-0.4, -0.2) is 17.3 Å². The van der Waals surface area contributed by atoms with Gasteiger partial charge >= 0.3 is 6.18 Å². The van der Waals surface area contributed by atoms with Crippen LogP contribution in [0.5, 0.6) is 5.75 Å². The first-order valence-corrected chi connectivity index (χ1v) is 5.26. The van der Waals surface area contributed by atoms with E-state index in [-0.39, 0.29) is 10.7 Å². The SMILES string of the molecule is Cc1cc(OC(C)C(F)(F)F)ccc1C(N)=S. The number of aryl methyl sites for hydroxylation is 1. The van der Waals surface area contributed by atoms with Crippen LogP contribution in [0.15, 0.2) is 18.2 Å². The lowest BCUT2D eigenvalue weighted by atomic mass is 10.1. The number of nitrogens with two attached hydrogens (primary N) is 1. The molecule has 2 nitrogen and oxygen atoms in total. The second kappa shape index (κ2) is 4.91. The van der Waals surface area contributed by atoms with Gasteiger partial charge in [-0.3, -0.25) is 0 Å². The van der Waals surface area contributed by atoms with Crippen molar-refractivity contribution in [2.45, 2.75) is 26.1 Å². The molecule has 6 heteroatoms. The average Bonchev–Trinajstić information content (AvgIpc) is 2.15. The van der Waals surface area contributed by atoms with Gasteiger partial charge in [-0.2, -0.15) is 13.2 Å². The summed E-state index contributed by atoms with van der Waals surface area (Å²) in [5.41, 5.74) is 6.76. The fourth-order valence-electron chi connectivity index (χ4n) is 1.26. The van der Waals surface area contributed by atoms with E-state index in [4.69, 9.17) is 22.7 Å². The second-order valence-corrected chi connectivity index (χ2v) is 4.08. The van der Waals surface area contributed by atoms with Crippen molar-refractivity contribution >= 4 is 17.2 Å². The van der Waals surface area contributed by atoms with Crippen molar-refractivity contribution in [3.8, 4) is 5.75 Å². The van der Waals surface area contributed by atoms with Crippen molar-refractivity contribution in [3.63, 3.8) is 0 Å². The Morgan fingerprint density at radius 1 is 1.41 bits per heavy atom. The Balaban J connectivity index is 2.88. The van der Waals surface area contributed by atoms with Gasteiger partial charge in [-0.05, 0) is 37.6 Å². The fourth-order valence-corrected chi connectivity index (χ4v) is 1.49. The third-order valence-corrected chi connectivity index (χ3v) is 2.46. The normalized spacial score (nSPS) is 13.2. The van der Waals surface area contributed by atoms with E-state index in [1.54, 1.807) is 13.0 Å². The molecular formula is C11H12F3NOS. The number of rotatable bonds is 3. The van der Waals surface area contributed by atoms with Crippen molar-refractivity contribution < 1.29 is 17.9 Å². The molecule has 1 aromatic rings. The summed E-state index contributed by atoms with van der Waals surface area (Å²) in [5, 5.41) is 0. The topological polar surface area (TPSA) is 35.2 Å². The fraction of sp³-hybridized carbons (Fsp3) is 0.364. The Morgan fingerprint density at radius 2 is 2.00 bits per heavy atom. The summed E-state index contributed by atoms with van der Waals surface area (Å²) in [6.45, 7) is 2.66. The molecule has 2 N–H and O–H groups in total. The van der Waals surface area contributed by atoms with E-state index in [1.807, 2.05) is 0 Å². The molecule has 1 aromatic carbocycles. The van der Waals surface area contributed by atoms with Gasteiger partial charge in [-0.1, -0.05) is 12.2 Å². The number of alkyl halides is 3. The molecule has 0 amide bonds. The first kappa shape index (κ1) is 13.8. The monoisotopic (exact) mass is 263 g/mol. The number of hydrogen-bond donors (Lipinski definition) is 1. The third kappa shape index (κ3) is 3.59. The summed E-state index contributed by atoms with van der Waals surface area (Å²) >= 11 is 4.80. The maximum absolute atomic E-state index is 12.3. The maximum Gasteiger partial charge on any atom is 0.425 e. The molecule has 0 aliphatic rings. The highest BCUT2D eigenvalue weighted by Gasteiger charge is 2.38. The highest BCUT2D eigenvalue weighted by atomic mass is 32.1. The quantitative estimate of drug-likeness (QED) is 0.851. The van der Waals surface area contributed by atoms with Gasteiger partial charge in [0, 0.05) is 5.56 Å². The molecular weight excluding hydrogens is 251 g/mol. The zero-order valence-corrected chi connectivity index (χ0v) is 10.2. The lowest BCUT2D eigenvalue weighted by Gasteiger charge is -2.18. The van der Waals surface area contributed by atoms with Crippen molar-refractivity contribution in [1.82, 2.24) is 0 Å². The average molecular weight is 263 g/mol. The highest BCUT2D eigenvalue weighted by Crippen LogP contribution is 2.26. The minimum atomic E-state index is -4.38. The van der Waals surface area contributed by atoms with Crippen LogP contribution in [0.25, 0.3) is 0 Å². The maximum atomic E-state index is 12.3. The summed E-state index contributed by atoms with van der Waals surface area (Å²) in [5.74, 6) is 0.146. The molecule has 1 unspecified atom stereocenters. The Hall–Kier alpha value is -1.30. The molecule has 17 heavy (non-hydrogen) atoms. The first-order chi connectivity index (χ1) is 7.71. The summed E-state index contributed by atoms with van der Waals surface area (Å²) in [4.78, 5) is 0.206. The summed E-state index contributed by atoms with van der Waals surface area (Å²) in [7, 11) is 0. The van der Waals surface area contributed by atoms with Gasteiger partial charge in [0.05, 0.1) is 0 Å². The van der Waals surface area contributed by atoms with E-state index in [9.17, 15) is 13.2 Å². The first-order valence-electron chi connectivity index (χ1n) is 4.85. The largest absolute Gasteiger partial charge is 0.481 e. The van der Waals surface area contributed by atoms with E-state index in [0.29, 0.717) is 11.1 Å². The Morgan fingerprint density at radius 3 is 2.41 bits per heavy atom. The van der Waals surface area contributed by atoms with E-state index in [1.165, 1.54) is 12.1 Å². The van der Waals surface area contributed by atoms with E-state index in [2.05, 4.69) is 0 Å². The van der Waals surface area contributed by atoms with E-state index < -0.39 is 12.3 Å². The molecule has 1 atom stereocenters. The summed E-state index contributed by atoms with van der Waals surface area (Å²) in [6, 6.07) is 4.45. The van der Waals surface area contributed by atoms with Crippen molar-refractivity contribution in [2.24, 2.45) is 5.73 Å². The number of hydrogen-bond acceptors (Lipinski definition) is 2. The van der Waals surface area contributed by atoms with Gasteiger partial charge in [-0.15, -0.1) is 0 Å². The number of benzene rings is 1. The molecule has 0 saturated carbocycles. The second-order valence-electron chi connectivity index (χ2n) is 3.64. The van der Waals surface area contributed by atoms with Crippen LogP contribution in [0.3, 0.4) is 0 Å². The Labute approximate surface area is 103 Å². The summed E-state index contributed by atoms with van der Waals surface area (Å²) < 4.78 is 41.6. The predicted molar refractivity (Wildman–Crippen MR) is 63.2 cm³/mol. The van der Waals surface area contributed by atoms with Crippen LogP contribution >= 0.6 is 12.2 Å². The van der Waals surface area contributed by atoms with Gasteiger partial charge < -0.3 is 10.5 Å². The number of halogens is 3. The van der Waals surface area contributed by atoms with Gasteiger partial charge in [0.2, 0.25) is 0 Å². The minimum absolute atomic E-state index is 0.146. The molecule has 0 spiro atoms. The number of thiocarbonyl (C=S) groups is 1. The molecule has 0 aliphatic heterocycles. The van der Waals surface area contributed by atoms with Crippen LogP contribution in [0.4, 0.5) is 13.2 Å². The zero-order valence-electron chi connectivity index (χ0n) is 9.34. The molecule has 94 valence electrons. The van der Waals surface area contributed by atoms with Crippen molar-refractivity contribution in [1.29, 1.82) is 0 Å². The lowest BCUT2D eigenvalue weighted by Crippen LogP contribution is -2.31. The van der Waals surface area contributed by atoms with Crippen LogP contribution in [0.2, 0.25) is 0 Å². The molecule has 0 aromatic heterocycles. The Bertz CT molecular complexity index is 431. The van der Waals surface area contributed by atoms with Gasteiger partial charge in [-0.25, -0.2) is 0 Å². The highest BCUT2D eigenvalue weighted by molar-refractivity contribution is 7.80. The van der Waals surface area contributed by atoms with Crippen LogP contribution in [0.1, 0.15) is 18.1 Å². The van der Waals surface area contributed by atoms with Gasteiger partial charge in [0.1, 0.15) is 10.7 Å². The lowest BCUT2D eigenvalue weighted by molar-refractivity contribution is -0.189. The molecule has 1 rings (SSSR count). The van der Waals surface area contributed by atoms with Crippen LogP contribution < -0.4 is 10.5 Å². The standard InChI is InChI=1S/C11H12F3NOS/c1-6-5-8(3-4-9(6)10(15)17)16-7(2)11(12,13)14/h3-5,7H,1-2H3,(H2,15,17). The smallest absolute Gasteiger partial charge is 0.425 e. The molecule has 0 heterocycles. The molecule has 0 aliphatic carbocycles. The van der Waals surface area contributed by atoms with E-state index >= 15 is 0 Å². The van der Waals surface area contributed by atoms with Crippen LogP contribution in [0, 0.1) is 6.92 Å². The van der Waals surface area contributed by atoms with E-state index in [0.717, 1.165) is 6.92 Å². The molecule has 0 saturated heterocycles. The summed E-state index contributed by atoms with van der Waals surface area (Å²) in [6.07, 6.45) is -6.23. The number of ether oxygens (including phenoxy) is 1. The van der Waals surface area contributed by atoms with Crippen molar-refractivity contribution in [3.05, 3.63) is 29.3 Å². The van der Waals surface area contributed by atoms with Gasteiger partial charge in [0.15, 0.2) is 6.10 Å². The van der Waals surface area contributed by atoms with Crippen molar-refractivity contribution in [2.75, 3.05) is 0 Å². The molecule has 0 bridgehead atoms. The zero-order chi connectivity index (χ0) is 13.2.